The van der Waals surface area contributed by atoms with Crippen LogP contribution in [0.15, 0.2) is 29.4 Å². The molecule has 0 saturated carbocycles. The zero-order valence-corrected chi connectivity index (χ0v) is 18.6. The lowest BCUT2D eigenvalue weighted by Gasteiger charge is -2.18. The Morgan fingerprint density at radius 1 is 1.30 bits per heavy atom. The van der Waals surface area contributed by atoms with Gasteiger partial charge in [0.25, 0.3) is 0 Å². The van der Waals surface area contributed by atoms with Gasteiger partial charge in [-0.15, -0.1) is 11.3 Å². The van der Waals surface area contributed by atoms with Crippen LogP contribution in [0.1, 0.15) is 46.6 Å². The van der Waals surface area contributed by atoms with Crippen molar-refractivity contribution < 1.29 is 14.3 Å². The minimum atomic E-state index is -0.492. The maximum Gasteiger partial charge on any atom is 0.341 e. The second kappa shape index (κ2) is 9.75. The summed E-state index contributed by atoms with van der Waals surface area (Å²) in [7, 11) is 3.95. The van der Waals surface area contributed by atoms with Crippen LogP contribution in [0.4, 0.5) is 15.5 Å². The predicted octanol–water partition coefficient (Wildman–Crippen LogP) is 4.27. The van der Waals surface area contributed by atoms with Crippen molar-refractivity contribution in [1.82, 2.24) is 5.43 Å². The van der Waals surface area contributed by atoms with E-state index in [9.17, 15) is 9.59 Å². The molecule has 1 aliphatic carbocycles. The van der Waals surface area contributed by atoms with Gasteiger partial charge in [-0.2, -0.15) is 5.10 Å². The average Bonchev–Trinajstić information content (AvgIpc) is 3.05. The van der Waals surface area contributed by atoms with Crippen LogP contribution in [0, 0.1) is 5.92 Å². The Morgan fingerprint density at radius 3 is 2.70 bits per heavy atom. The standard InChI is InChI=1S/C22H28N4O3S/c1-5-29-21(27)19-17-11-6-14(2)12-18(17)30-20(19)24-22(28)25-23-13-15-7-9-16(10-8-15)26(3)4/h7-10,13-14H,5-6,11-12H2,1-4H3,(H2,24,25,28)/b23-13+. The van der Waals surface area contributed by atoms with E-state index in [-0.39, 0.29) is 5.97 Å². The van der Waals surface area contributed by atoms with E-state index in [2.05, 4.69) is 22.8 Å². The van der Waals surface area contributed by atoms with Gasteiger partial charge >= 0.3 is 12.0 Å². The van der Waals surface area contributed by atoms with Gasteiger partial charge in [-0.25, -0.2) is 15.0 Å². The topological polar surface area (TPSA) is 83.0 Å². The number of carbonyl (C=O) groups is 2. The molecule has 160 valence electrons. The summed E-state index contributed by atoms with van der Waals surface area (Å²) in [6.07, 6.45) is 4.34. The summed E-state index contributed by atoms with van der Waals surface area (Å²) in [5, 5.41) is 7.31. The lowest BCUT2D eigenvalue weighted by atomic mass is 9.88. The number of nitrogens with zero attached hydrogens (tertiary/aromatic N) is 2. The van der Waals surface area contributed by atoms with Gasteiger partial charge < -0.3 is 9.64 Å². The number of thiophene rings is 1. The molecule has 1 heterocycles. The van der Waals surface area contributed by atoms with Gasteiger partial charge in [0.05, 0.1) is 18.4 Å². The third-order valence-corrected chi connectivity index (χ3v) is 6.18. The fourth-order valence-corrected chi connectivity index (χ4v) is 4.81. The first-order valence-corrected chi connectivity index (χ1v) is 10.9. The normalized spacial score (nSPS) is 15.5. The third-order valence-electron chi connectivity index (χ3n) is 5.01. The van der Waals surface area contributed by atoms with E-state index in [1.165, 1.54) is 11.3 Å². The molecule has 1 atom stereocenters. The number of esters is 1. The van der Waals surface area contributed by atoms with Crippen LogP contribution in [-0.2, 0) is 17.6 Å². The zero-order valence-electron chi connectivity index (χ0n) is 17.8. The summed E-state index contributed by atoms with van der Waals surface area (Å²) >= 11 is 1.45. The van der Waals surface area contributed by atoms with E-state index in [4.69, 9.17) is 4.74 Å². The first-order chi connectivity index (χ1) is 14.4. The second-order valence-electron chi connectivity index (χ2n) is 7.59. The summed E-state index contributed by atoms with van der Waals surface area (Å²) in [6, 6.07) is 7.31. The Labute approximate surface area is 181 Å². The van der Waals surface area contributed by atoms with E-state index < -0.39 is 6.03 Å². The molecule has 1 aliphatic rings. The maximum atomic E-state index is 12.5. The average molecular weight is 429 g/mol. The van der Waals surface area contributed by atoms with Gasteiger partial charge in [-0.3, -0.25) is 5.32 Å². The quantitative estimate of drug-likeness (QED) is 0.409. The molecular formula is C22H28N4O3S. The van der Waals surface area contributed by atoms with Crippen molar-refractivity contribution in [1.29, 1.82) is 0 Å². The molecule has 1 aromatic carbocycles. The highest BCUT2D eigenvalue weighted by Crippen LogP contribution is 2.40. The zero-order chi connectivity index (χ0) is 21.7. The van der Waals surface area contributed by atoms with Crippen molar-refractivity contribution in [2.45, 2.75) is 33.1 Å². The maximum absolute atomic E-state index is 12.5. The lowest BCUT2D eigenvalue weighted by molar-refractivity contribution is 0.0526. The van der Waals surface area contributed by atoms with Gasteiger partial charge in [0.1, 0.15) is 5.00 Å². The number of hydrazone groups is 1. The first kappa shape index (κ1) is 21.8. The number of carbonyl (C=O) groups excluding carboxylic acids is 2. The number of amides is 2. The molecule has 0 radical (unpaired) electrons. The minimum Gasteiger partial charge on any atom is -0.462 e. The molecule has 2 N–H and O–H groups in total. The second-order valence-corrected chi connectivity index (χ2v) is 8.69. The number of anilines is 2. The number of hydrogen-bond donors (Lipinski definition) is 2. The molecule has 0 spiro atoms. The molecule has 0 bridgehead atoms. The summed E-state index contributed by atoms with van der Waals surface area (Å²) in [5.41, 5.74) is 5.92. The van der Waals surface area contributed by atoms with Crippen LogP contribution in [0.3, 0.4) is 0 Å². The number of benzene rings is 1. The van der Waals surface area contributed by atoms with Crippen molar-refractivity contribution in [3.8, 4) is 0 Å². The monoisotopic (exact) mass is 428 g/mol. The Balaban J connectivity index is 1.69. The Kier molecular flexibility index (Phi) is 7.10. The highest BCUT2D eigenvalue weighted by molar-refractivity contribution is 7.17. The van der Waals surface area contributed by atoms with E-state index in [0.29, 0.717) is 23.1 Å². The summed E-state index contributed by atoms with van der Waals surface area (Å²) in [6.45, 7) is 4.27. The SMILES string of the molecule is CCOC(=O)c1c(NC(=O)N/N=C/c2ccc(N(C)C)cc2)sc2c1CCC(C)C2. The molecule has 1 aromatic heterocycles. The van der Waals surface area contributed by atoms with Crippen LogP contribution in [0.5, 0.6) is 0 Å². The van der Waals surface area contributed by atoms with E-state index >= 15 is 0 Å². The molecule has 2 amide bonds. The highest BCUT2D eigenvalue weighted by atomic mass is 32.1. The van der Waals surface area contributed by atoms with Gasteiger partial charge in [0.15, 0.2) is 0 Å². The molecule has 3 rings (SSSR count). The van der Waals surface area contributed by atoms with Crippen molar-refractivity contribution in [3.63, 3.8) is 0 Å². The number of nitrogens with one attached hydrogen (secondary N) is 2. The van der Waals surface area contributed by atoms with E-state index in [0.717, 1.165) is 41.0 Å². The molecule has 0 saturated heterocycles. The largest absolute Gasteiger partial charge is 0.462 e. The molecule has 1 unspecified atom stereocenters. The number of hydrogen-bond acceptors (Lipinski definition) is 6. The van der Waals surface area contributed by atoms with Crippen LogP contribution in [0.25, 0.3) is 0 Å². The molecule has 7 nitrogen and oxygen atoms in total. The van der Waals surface area contributed by atoms with Crippen molar-refractivity contribution >= 4 is 40.2 Å². The summed E-state index contributed by atoms with van der Waals surface area (Å²) in [5.74, 6) is 0.181. The van der Waals surface area contributed by atoms with Gasteiger partial charge in [0.2, 0.25) is 0 Å². The fourth-order valence-electron chi connectivity index (χ4n) is 3.41. The Bertz CT molecular complexity index is 935. The molecule has 2 aromatic rings. The molecule has 0 aliphatic heterocycles. The van der Waals surface area contributed by atoms with Crippen molar-refractivity contribution in [2.75, 3.05) is 30.9 Å². The smallest absolute Gasteiger partial charge is 0.341 e. The Hall–Kier alpha value is -2.87. The Morgan fingerprint density at radius 2 is 2.03 bits per heavy atom. The lowest BCUT2D eigenvalue weighted by Crippen LogP contribution is -2.25. The number of fused-ring (bicyclic) bond motifs is 1. The van der Waals surface area contributed by atoms with E-state index in [1.807, 2.05) is 43.3 Å². The van der Waals surface area contributed by atoms with E-state index in [1.54, 1.807) is 13.1 Å². The van der Waals surface area contributed by atoms with Crippen LogP contribution < -0.4 is 15.6 Å². The molecule has 30 heavy (non-hydrogen) atoms. The molecule has 0 fully saturated rings. The summed E-state index contributed by atoms with van der Waals surface area (Å²) < 4.78 is 5.23. The van der Waals surface area contributed by atoms with Crippen LogP contribution in [-0.4, -0.2) is 38.9 Å². The van der Waals surface area contributed by atoms with Gasteiger partial charge in [-0.1, -0.05) is 19.1 Å². The highest BCUT2D eigenvalue weighted by Gasteiger charge is 2.29. The van der Waals surface area contributed by atoms with Crippen molar-refractivity contribution in [3.05, 3.63) is 45.8 Å². The number of rotatable bonds is 6. The van der Waals surface area contributed by atoms with Gasteiger partial charge in [-0.05, 0) is 55.4 Å². The number of urea groups is 1. The summed E-state index contributed by atoms with van der Waals surface area (Å²) in [4.78, 5) is 28.0. The van der Waals surface area contributed by atoms with Crippen LogP contribution >= 0.6 is 11.3 Å². The first-order valence-electron chi connectivity index (χ1n) is 10.1. The van der Waals surface area contributed by atoms with Crippen LogP contribution in [0.2, 0.25) is 0 Å². The number of ether oxygens (including phenoxy) is 1. The third kappa shape index (κ3) is 5.18. The molecule has 8 heteroatoms. The minimum absolute atomic E-state index is 0.294. The predicted molar refractivity (Wildman–Crippen MR) is 122 cm³/mol. The van der Waals surface area contributed by atoms with Gasteiger partial charge in [0, 0.05) is 24.7 Å². The van der Waals surface area contributed by atoms with Crippen molar-refractivity contribution in [2.24, 2.45) is 11.0 Å². The fraction of sp³-hybridized carbons (Fsp3) is 0.409. The molecular weight excluding hydrogens is 400 g/mol.